The number of hydrogen-bond donors (Lipinski definition) is 1. The van der Waals surface area contributed by atoms with E-state index in [0.29, 0.717) is 21.5 Å². The van der Waals surface area contributed by atoms with Gasteiger partial charge in [-0.1, -0.05) is 23.7 Å². The number of esters is 1. The van der Waals surface area contributed by atoms with Crippen molar-refractivity contribution in [1.29, 1.82) is 0 Å². The Morgan fingerprint density at radius 3 is 2.40 bits per heavy atom. The minimum Gasteiger partial charge on any atom is -0.733 e. The Labute approximate surface area is 174 Å². The predicted octanol–water partition coefficient (Wildman–Crippen LogP) is 5.03. The van der Waals surface area contributed by atoms with Crippen LogP contribution in [0.5, 0.6) is 5.75 Å². The van der Waals surface area contributed by atoms with Crippen LogP contribution in [0.3, 0.4) is 0 Å². The second-order valence-electron chi connectivity index (χ2n) is 6.35. The van der Waals surface area contributed by atoms with Gasteiger partial charge in [0.1, 0.15) is 17.6 Å². The summed E-state index contributed by atoms with van der Waals surface area (Å²) in [6, 6.07) is 16.5. The molecule has 0 fully saturated rings. The number of rotatable bonds is 4. The van der Waals surface area contributed by atoms with Crippen molar-refractivity contribution < 1.29 is 19.2 Å². The van der Waals surface area contributed by atoms with E-state index >= 15 is 0 Å². The number of benzene rings is 3. The van der Waals surface area contributed by atoms with Crippen molar-refractivity contribution in [3.05, 3.63) is 99.0 Å². The molecule has 0 aliphatic heterocycles. The molecule has 150 valence electrons. The molecule has 8 heteroatoms. The first-order chi connectivity index (χ1) is 14.4. The molecule has 0 radical (unpaired) electrons. The molecule has 0 aliphatic rings. The third-order valence-corrected chi connectivity index (χ3v) is 4.69. The zero-order chi connectivity index (χ0) is 21.3. The number of carbonyl (C=O) groups is 1. The van der Waals surface area contributed by atoms with Crippen molar-refractivity contribution >= 4 is 34.2 Å². The Bertz CT molecular complexity index is 1280. The predicted molar refractivity (Wildman–Crippen MR) is 112 cm³/mol. The van der Waals surface area contributed by atoms with E-state index in [1.807, 2.05) is 0 Å². The van der Waals surface area contributed by atoms with E-state index in [2.05, 4.69) is 0 Å². The number of ether oxygens (including phenoxy) is 1. The minimum absolute atomic E-state index is 0.0180. The first-order valence-corrected chi connectivity index (χ1v) is 9.10. The zero-order valence-corrected chi connectivity index (χ0v) is 16.0. The molecule has 0 spiro atoms. The van der Waals surface area contributed by atoms with Crippen LogP contribution in [0.1, 0.15) is 10.4 Å². The molecule has 0 saturated heterocycles. The van der Waals surface area contributed by atoms with E-state index in [1.165, 1.54) is 48.7 Å². The van der Waals surface area contributed by atoms with Crippen LogP contribution >= 0.6 is 11.6 Å². The summed E-state index contributed by atoms with van der Waals surface area (Å²) < 4.78 is 10.9. The first kappa shape index (κ1) is 19.7. The smallest absolute Gasteiger partial charge is 0.343 e. The fraction of sp³-hybridized carbons (Fsp3) is 0. The van der Waals surface area contributed by atoms with Crippen LogP contribution in [0.2, 0.25) is 5.02 Å². The Morgan fingerprint density at radius 2 is 1.73 bits per heavy atom. The van der Waals surface area contributed by atoms with E-state index in [0.717, 1.165) is 0 Å². The second-order valence-corrected chi connectivity index (χ2v) is 6.79. The van der Waals surface area contributed by atoms with Gasteiger partial charge < -0.3 is 19.6 Å². The van der Waals surface area contributed by atoms with Gasteiger partial charge in [-0.25, -0.2) is 4.79 Å². The van der Waals surface area contributed by atoms with Crippen molar-refractivity contribution in [2.75, 3.05) is 5.23 Å². The molecular weight excluding hydrogens is 410 g/mol. The maximum Gasteiger partial charge on any atom is 0.343 e. The Morgan fingerprint density at radius 1 is 1.03 bits per heavy atom. The highest BCUT2D eigenvalue weighted by molar-refractivity contribution is 6.30. The Kier molecular flexibility index (Phi) is 5.24. The van der Waals surface area contributed by atoms with E-state index in [1.54, 1.807) is 24.3 Å². The van der Waals surface area contributed by atoms with Gasteiger partial charge in [0.15, 0.2) is 5.43 Å². The topological polar surface area (TPSA) is 103 Å². The van der Waals surface area contributed by atoms with Crippen molar-refractivity contribution in [3.63, 3.8) is 0 Å². The van der Waals surface area contributed by atoms with Gasteiger partial charge in [0.25, 0.3) is 0 Å². The average Bonchev–Trinajstić information content (AvgIpc) is 2.75. The molecule has 0 saturated carbocycles. The third kappa shape index (κ3) is 3.90. The molecule has 7 nitrogen and oxygen atoms in total. The summed E-state index contributed by atoms with van der Waals surface area (Å²) in [5, 5.41) is 20.2. The zero-order valence-electron chi connectivity index (χ0n) is 15.2. The summed E-state index contributed by atoms with van der Waals surface area (Å²) in [7, 11) is 0. The molecule has 0 atom stereocenters. The average molecular weight is 423 g/mol. The number of hydrogen-bond acceptors (Lipinski definition) is 7. The van der Waals surface area contributed by atoms with E-state index in [-0.39, 0.29) is 33.2 Å². The van der Waals surface area contributed by atoms with Crippen LogP contribution in [-0.2, 0) is 0 Å². The number of nitrogens with zero attached hydrogens (tertiary/aromatic N) is 1. The summed E-state index contributed by atoms with van der Waals surface area (Å²) in [5.74, 6) is -0.483. The normalized spacial score (nSPS) is 10.8. The third-order valence-electron chi connectivity index (χ3n) is 4.44. The summed E-state index contributed by atoms with van der Waals surface area (Å²) in [4.78, 5) is 25.1. The Hall–Kier alpha value is -3.65. The lowest BCUT2D eigenvalue weighted by atomic mass is 10.1. The summed E-state index contributed by atoms with van der Waals surface area (Å²) in [5.41, 5.74) is 1.27. The minimum atomic E-state index is -0.670. The summed E-state index contributed by atoms with van der Waals surface area (Å²) >= 11 is 5.89. The largest absolute Gasteiger partial charge is 0.733 e. The van der Waals surface area contributed by atoms with Gasteiger partial charge in [-0.3, -0.25) is 10.0 Å². The molecule has 0 bridgehead atoms. The molecule has 0 amide bonds. The fourth-order valence-electron chi connectivity index (χ4n) is 2.89. The maximum absolute atomic E-state index is 12.8. The summed E-state index contributed by atoms with van der Waals surface area (Å²) in [6.45, 7) is 0. The van der Waals surface area contributed by atoms with Gasteiger partial charge in [-0.15, -0.1) is 0 Å². The molecule has 4 rings (SSSR count). The van der Waals surface area contributed by atoms with Gasteiger partial charge in [0, 0.05) is 11.1 Å². The van der Waals surface area contributed by atoms with Crippen molar-refractivity contribution in [3.8, 4) is 16.9 Å². The van der Waals surface area contributed by atoms with Gasteiger partial charge in [-0.05, 0) is 54.1 Å². The lowest BCUT2D eigenvalue weighted by Gasteiger charge is -2.21. The molecule has 0 aliphatic carbocycles. The number of fused-ring (bicyclic) bond motifs is 1. The molecule has 0 unspecified atom stereocenters. The molecule has 4 aromatic rings. The van der Waals surface area contributed by atoms with Crippen molar-refractivity contribution in [2.24, 2.45) is 0 Å². The van der Waals surface area contributed by atoms with Gasteiger partial charge >= 0.3 is 5.97 Å². The number of anilines is 1. The lowest BCUT2D eigenvalue weighted by Crippen LogP contribution is -2.10. The number of carbonyl (C=O) groups excluding carboxylic acids is 1. The molecule has 1 N–H and O–H groups in total. The van der Waals surface area contributed by atoms with Crippen LogP contribution in [0.15, 0.2) is 82.2 Å². The molecular formula is C22H13ClNO6-. The highest BCUT2D eigenvalue weighted by atomic mass is 35.5. The van der Waals surface area contributed by atoms with Crippen LogP contribution < -0.4 is 15.4 Å². The SMILES string of the molecule is O=C(Oc1ccc2c(=O)c(-c3ccc(Cl)cc3)coc2c1)c1ccc(N([O-])O)cc1. The highest BCUT2D eigenvalue weighted by Gasteiger charge is 2.13. The highest BCUT2D eigenvalue weighted by Crippen LogP contribution is 2.25. The second kappa shape index (κ2) is 8.00. The van der Waals surface area contributed by atoms with Crippen molar-refractivity contribution in [1.82, 2.24) is 0 Å². The van der Waals surface area contributed by atoms with Gasteiger partial charge in [0.2, 0.25) is 0 Å². The standard InChI is InChI=1S/C22H13ClNO6/c23-15-5-1-13(2-6-15)19-12-29-20-11-17(9-10-18(20)21(19)25)30-22(26)14-3-7-16(8-4-14)24(27)28/h1-12,27H/q-1. The van der Waals surface area contributed by atoms with Gasteiger partial charge in [-0.2, -0.15) is 0 Å². The summed E-state index contributed by atoms with van der Waals surface area (Å²) in [6.07, 6.45) is 1.35. The molecule has 1 aromatic heterocycles. The van der Waals surface area contributed by atoms with Gasteiger partial charge in [0.05, 0.1) is 22.2 Å². The van der Waals surface area contributed by atoms with E-state index in [4.69, 9.17) is 26.0 Å². The fourth-order valence-corrected chi connectivity index (χ4v) is 3.02. The first-order valence-electron chi connectivity index (χ1n) is 8.72. The van der Waals surface area contributed by atoms with Crippen molar-refractivity contribution in [2.45, 2.75) is 0 Å². The van der Waals surface area contributed by atoms with Crippen LogP contribution in [0, 0.1) is 5.21 Å². The Balaban J connectivity index is 1.60. The molecule has 3 aromatic carbocycles. The maximum atomic E-state index is 12.8. The lowest BCUT2D eigenvalue weighted by molar-refractivity contribution is 0.0735. The van der Waals surface area contributed by atoms with E-state index in [9.17, 15) is 14.8 Å². The van der Waals surface area contributed by atoms with Crippen LogP contribution in [0.25, 0.3) is 22.1 Å². The molecule has 1 heterocycles. The number of halogens is 1. The van der Waals surface area contributed by atoms with Crippen LogP contribution in [-0.4, -0.2) is 11.2 Å². The van der Waals surface area contributed by atoms with Crippen LogP contribution in [0.4, 0.5) is 5.69 Å². The van der Waals surface area contributed by atoms with E-state index < -0.39 is 5.97 Å². The monoisotopic (exact) mass is 422 g/mol. The molecule has 30 heavy (non-hydrogen) atoms. The quantitative estimate of drug-likeness (QED) is 0.279.